The maximum atomic E-state index is 10.3. The van der Waals surface area contributed by atoms with Gasteiger partial charge in [0.05, 0.1) is 5.60 Å². The van der Waals surface area contributed by atoms with Crippen molar-refractivity contribution < 1.29 is 5.11 Å². The van der Waals surface area contributed by atoms with E-state index < -0.39 is 5.60 Å². The number of benzene rings is 1. The summed E-state index contributed by atoms with van der Waals surface area (Å²) in [7, 11) is 0. The van der Waals surface area contributed by atoms with E-state index in [1.807, 2.05) is 0 Å². The van der Waals surface area contributed by atoms with Crippen molar-refractivity contribution in [3.05, 3.63) is 29.8 Å². The molecule has 1 aliphatic rings. The van der Waals surface area contributed by atoms with E-state index in [1.165, 1.54) is 23.3 Å². The highest BCUT2D eigenvalue weighted by Crippen LogP contribution is 2.27. The molecule has 2 rings (SSSR count). The highest BCUT2D eigenvalue weighted by Gasteiger charge is 2.22. The molecular formula is C16H25NOS. The van der Waals surface area contributed by atoms with Crippen LogP contribution in [0.5, 0.6) is 0 Å². The van der Waals surface area contributed by atoms with Crippen LogP contribution < -0.4 is 5.32 Å². The highest BCUT2D eigenvalue weighted by molar-refractivity contribution is 7.99. The normalized spacial score (nSPS) is 15.7. The predicted molar refractivity (Wildman–Crippen MR) is 82.6 cm³/mol. The Morgan fingerprint density at radius 3 is 2.37 bits per heavy atom. The second-order valence-corrected chi connectivity index (χ2v) is 6.57. The fraction of sp³-hybridized carbons (Fsp3) is 0.625. The molecule has 2 nitrogen and oxygen atoms in total. The summed E-state index contributed by atoms with van der Waals surface area (Å²) in [4.78, 5) is 1.25. The van der Waals surface area contributed by atoms with E-state index in [-0.39, 0.29) is 0 Å². The zero-order chi connectivity index (χ0) is 13.7. The van der Waals surface area contributed by atoms with Gasteiger partial charge in [0, 0.05) is 23.2 Å². The zero-order valence-corrected chi connectivity index (χ0v) is 12.8. The van der Waals surface area contributed by atoms with E-state index in [0.717, 1.165) is 31.2 Å². The molecule has 1 saturated carbocycles. The van der Waals surface area contributed by atoms with Crippen molar-refractivity contribution in [2.24, 2.45) is 0 Å². The molecule has 0 aliphatic heterocycles. The van der Waals surface area contributed by atoms with Crippen molar-refractivity contribution >= 4 is 11.8 Å². The summed E-state index contributed by atoms with van der Waals surface area (Å²) in [6.45, 7) is 5.08. The maximum absolute atomic E-state index is 10.3. The number of hydrogen-bond acceptors (Lipinski definition) is 3. The summed E-state index contributed by atoms with van der Waals surface area (Å²) in [6.07, 6.45) is 4.31. The molecule has 3 heteroatoms. The lowest BCUT2D eigenvalue weighted by molar-refractivity contribution is 0.0572. The average molecular weight is 279 g/mol. The van der Waals surface area contributed by atoms with Crippen molar-refractivity contribution in [3.63, 3.8) is 0 Å². The third-order valence-corrected chi connectivity index (χ3v) is 5.21. The average Bonchev–Trinajstić information content (AvgIpc) is 3.28. The minimum absolute atomic E-state index is 0.517. The van der Waals surface area contributed by atoms with Gasteiger partial charge in [0.25, 0.3) is 0 Å². The van der Waals surface area contributed by atoms with E-state index in [1.54, 1.807) is 11.8 Å². The Kier molecular flexibility index (Phi) is 5.31. The second-order valence-electron chi connectivity index (χ2n) is 5.52. The molecule has 0 saturated heterocycles. The Balaban J connectivity index is 1.80. The van der Waals surface area contributed by atoms with Crippen LogP contribution in [0.4, 0.5) is 0 Å². The van der Waals surface area contributed by atoms with Crippen LogP contribution in [-0.4, -0.2) is 22.5 Å². The van der Waals surface area contributed by atoms with Crippen molar-refractivity contribution in [1.29, 1.82) is 0 Å². The molecule has 0 amide bonds. The molecule has 1 aromatic rings. The Hall–Kier alpha value is -0.510. The Labute approximate surface area is 121 Å². The molecule has 0 spiro atoms. The van der Waals surface area contributed by atoms with Gasteiger partial charge in [-0.3, -0.25) is 0 Å². The molecule has 0 aromatic heterocycles. The lowest BCUT2D eigenvalue weighted by Crippen LogP contribution is -2.29. The second kappa shape index (κ2) is 6.78. The van der Waals surface area contributed by atoms with Gasteiger partial charge < -0.3 is 10.4 Å². The van der Waals surface area contributed by atoms with Crippen LogP contribution in [0.2, 0.25) is 0 Å². The van der Waals surface area contributed by atoms with Crippen molar-refractivity contribution in [2.75, 3.05) is 5.75 Å². The van der Waals surface area contributed by atoms with Gasteiger partial charge in [-0.2, -0.15) is 0 Å². The fourth-order valence-corrected chi connectivity index (χ4v) is 3.10. The molecule has 0 heterocycles. The molecule has 0 bridgehead atoms. The third kappa shape index (κ3) is 4.83. The predicted octanol–water partition coefficient (Wildman–Crippen LogP) is 3.58. The molecule has 2 N–H and O–H groups in total. The number of rotatable bonds is 8. The van der Waals surface area contributed by atoms with E-state index >= 15 is 0 Å². The molecule has 1 aliphatic carbocycles. The van der Waals surface area contributed by atoms with Crippen LogP contribution in [0, 0.1) is 0 Å². The highest BCUT2D eigenvalue weighted by atomic mass is 32.2. The van der Waals surface area contributed by atoms with Gasteiger partial charge in [0.15, 0.2) is 0 Å². The van der Waals surface area contributed by atoms with Crippen LogP contribution >= 0.6 is 11.8 Å². The fourth-order valence-electron chi connectivity index (χ4n) is 1.92. The topological polar surface area (TPSA) is 32.3 Å². The first-order chi connectivity index (χ1) is 9.15. The van der Waals surface area contributed by atoms with E-state index in [2.05, 4.69) is 43.4 Å². The van der Waals surface area contributed by atoms with Gasteiger partial charge in [0.2, 0.25) is 0 Å². The van der Waals surface area contributed by atoms with Gasteiger partial charge >= 0.3 is 0 Å². The molecule has 19 heavy (non-hydrogen) atoms. The van der Waals surface area contributed by atoms with E-state index in [0.29, 0.717) is 0 Å². The number of aliphatic hydroxyl groups is 1. The summed E-state index contributed by atoms with van der Waals surface area (Å²) in [6, 6.07) is 9.47. The first kappa shape index (κ1) is 14.9. The molecular weight excluding hydrogens is 254 g/mol. The monoisotopic (exact) mass is 279 g/mol. The quantitative estimate of drug-likeness (QED) is 0.713. The molecule has 0 radical (unpaired) electrons. The summed E-state index contributed by atoms with van der Waals surface area (Å²) in [5, 5.41) is 13.8. The largest absolute Gasteiger partial charge is 0.389 e. The lowest BCUT2D eigenvalue weighted by Gasteiger charge is -2.24. The van der Waals surface area contributed by atoms with Gasteiger partial charge in [-0.1, -0.05) is 26.0 Å². The third-order valence-electron chi connectivity index (χ3n) is 3.92. The molecule has 0 atom stereocenters. The van der Waals surface area contributed by atoms with Crippen molar-refractivity contribution in [1.82, 2.24) is 5.32 Å². The summed E-state index contributed by atoms with van der Waals surface area (Å²) in [5.41, 5.74) is 0.828. The standard InChI is InChI=1S/C16H25NOS/c1-3-16(18,4-2)12-19-15-9-5-13(6-10-15)11-17-14-7-8-14/h5-6,9-10,14,17-18H,3-4,7-8,11-12H2,1-2H3. The first-order valence-electron chi connectivity index (χ1n) is 7.32. The van der Waals surface area contributed by atoms with Gasteiger partial charge in [-0.15, -0.1) is 11.8 Å². The Morgan fingerprint density at radius 1 is 1.21 bits per heavy atom. The van der Waals surface area contributed by atoms with Gasteiger partial charge in [-0.05, 0) is 43.4 Å². The van der Waals surface area contributed by atoms with Crippen LogP contribution in [0.15, 0.2) is 29.2 Å². The summed E-state index contributed by atoms with van der Waals surface area (Å²) >= 11 is 1.75. The molecule has 106 valence electrons. The zero-order valence-electron chi connectivity index (χ0n) is 12.0. The smallest absolute Gasteiger partial charge is 0.0736 e. The Bertz CT molecular complexity index is 382. The van der Waals surface area contributed by atoms with E-state index in [9.17, 15) is 5.11 Å². The Morgan fingerprint density at radius 2 is 1.84 bits per heavy atom. The SMILES string of the molecule is CCC(O)(CC)CSc1ccc(CNC2CC2)cc1. The number of nitrogens with one attached hydrogen (secondary N) is 1. The minimum atomic E-state index is -0.517. The summed E-state index contributed by atoms with van der Waals surface area (Å²) in [5.74, 6) is 0.777. The van der Waals surface area contributed by atoms with E-state index in [4.69, 9.17) is 0 Å². The molecule has 1 aromatic carbocycles. The summed E-state index contributed by atoms with van der Waals surface area (Å²) < 4.78 is 0. The van der Waals surface area contributed by atoms with Crippen LogP contribution in [-0.2, 0) is 6.54 Å². The molecule has 1 fully saturated rings. The van der Waals surface area contributed by atoms with Crippen molar-refractivity contribution in [2.45, 2.75) is 62.6 Å². The van der Waals surface area contributed by atoms with Gasteiger partial charge in [0.1, 0.15) is 0 Å². The van der Waals surface area contributed by atoms with Crippen LogP contribution in [0.1, 0.15) is 45.1 Å². The van der Waals surface area contributed by atoms with Crippen molar-refractivity contribution in [3.8, 4) is 0 Å². The minimum Gasteiger partial charge on any atom is -0.389 e. The first-order valence-corrected chi connectivity index (χ1v) is 8.31. The van der Waals surface area contributed by atoms with Crippen LogP contribution in [0.3, 0.4) is 0 Å². The number of hydrogen-bond donors (Lipinski definition) is 2. The van der Waals surface area contributed by atoms with Gasteiger partial charge in [-0.25, -0.2) is 0 Å². The maximum Gasteiger partial charge on any atom is 0.0736 e. The molecule has 0 unspecified atom stereocenters. The number of thioether (sulfide) groups is 1. The van der Waals surface area contributed by atoms with Crippen LogP contribution in [0.25, 0.3) is 0 Å². The lowest BCUT2D eigenvalue weighted by atomic mass is 10.0.